The van der Waals surface area contributed by atoms with E-state index in [0.29, 0.717) is 17.2 Å². The molecule has 0 atom stereocenters. The smallest absolute Gasteiger partial charge is 0.313 e. The molecule has 1 saturated carbocycles. The molecule has 176 valence electrons. The van der Waals surface area contributed by atoms with Gasteiger partial charge in [-0.3, -0.25) is 9.59 Å². The van der Waals surface area contributed by atoms with Gasteiger partial charge in [0.1, 0.15) is 5.82 Å². The summed E-state index contributed by atoms with van der Waals surface area (Å²) in [5.74, 6) is -1.18. The summed E-state index contributed by atoms with van der Waals surface area (Å²) in [5, 5.41) is 14.3. The van der Waals surface area contributed by atoms with Gasteiger partial charge in [-0.15, -0.1) is 0 Å². The summed E-state index contributed by atoms with van der Waals surface area (Å²) >= 11 is 6.49. The fraction of sp³-hybridized carbons (Fsp3) is 0.296. The minimum absolute atomic E-state index is 0.0335. The Bertz CT molecular complexity index is 1370. The maximum atomic E-state index is 15.4. The molecule has 0 spiro atoms. The second kappa shape index (κ2) is 8.84. The Labute approximate surface area is 202 Å². The topological polar surface area (TPSA) is 72.2 Å². The van der Waals surface area contributed by atoms with Gasteiger partial charge in [-0.05, 0) is 62.8 Å². The van der Waals surface area contributed by atoms with Crippen LogP contribution in [0.5, 0.6) is 0 Å². The van der Waals surface area contributed by atoms with Crippen LogP contribution in [-0.4, -0.2) is 20.9 Å². The number of carboxylic acids is 1. The number of carboxylic acid groups (broad SMARTS) is 1. The second-order valence-electron chi connectivity index (χ2n) is 9.29. The number of hydrogen-bond donors (Lipinski definition) is 1. The number of aliphatic carboxylic acids is 1. The number of aryl methyl sites for hydroxylation is 2. The third-order valence-electron chi connectivity index (χ3n) is 6.40. The SMILES string of the molecule is Cc1nn(C)c(=O)c(-c2c(F)ccc(Cl)c2/C=C/c2ccc(C3CC3)cc2)c1C(C)(C)C(=O)O. The number of hydrogen-bond acceptors (Lipinski definition) is 3. The van der Waals surface area contributed by atoms with Gasteiger partial charge in [-0.1, -0.05) is 48.0 Å². The molecule has 1 N–H and O–H groups in total. The Morgan fingerprint density at radius 2 is 1.79 bits per heavy atom. The predicted octanol–water partition coefficient (Wildman–Crippen LogP) is 5.96. The van der Waals surface area contributed by atoms with Crippen molar-refractivity contribution in [1.29, 1.82) is 0 Å². The lowest BCUT2D eigenvalue weighted by molar-refractivity contribution is -0.142. The van der Waals surface area contributed by atoms with Crippen LogP contribution in [0.4, 0.5) is 4.39 Å². The number of aromatic nitrogens is 2. The Morgan fingerprint density at radius 3 is 2.38 bits per heavy atom. The van der Waals surface area contributed by atoms with Crippen molar-refractivity contribution >= 4 is 29.7 Å². The molecule has 2 aromatic carbocycles. The third kappa shape index (κ3) is 4.30. The van der Waals surface area contributed by atoms with Crippen molar-refractivity contribution in [1.82, 2.24) is 9.78 Å². The minimum Gasteiger partial charge on any atom is -0.481 e. The summed E-state index contributed by atoms with van der Waals surface area (Å²) in [6, 6.07) is 10.8. The molecule has 34 heavy (non-hydrogen) atoms. The van der Waals surface area contributed by atoms with Gasteiger partial charge in [0, 0.05) is 28.8 Å². The molecule has 7 heteroatoms. The van der Waals surface area contributed by atoms with E-state index in [1.165, 1.54) is 51.4 Å². The van der Waals surface area contributed by atoms with Crippen LogP contribution in [0.15, 0.2) is 41.2 Å². The van der Waals surface area contributed by atoms with Gasteiger partial charge in [-0.2, -0.15) is 5.10 Å². The van der Waals surface area contributed by atoms with Crippen LogP contribution in [0.3, 0.4) is 0 Å². The first-order valence-corrected chi connectivity index (χ1v) is 11.5. The van der Waals surface area contributed by atoms with Crippen LogP contribution >= 0.6 is 11.6 Å². The van der Waals surface area contributed by atoms with Gasteiger partial charge >= 0.3 is 5.97 Å². The summed E-state index contributed by atoms with van der Waals surface area (Å²) in [5.41, 5.74) is 0.826. The molecule has 0 aliphatic heterocycles. The number of rotatable bonds is 6. The average Bonchev–Trinajstić information content (AvgIpc) is 3.62. The van der Waals surface area contributed by atoms with E-state index in [-0.39, 0.29) is 21.7 Å². The highest BCUT2D eigenvalue weighted by Crippen LogP contribution is 2.41. The first-order valence-electron chi connectivity index (χ1n) is 11.1. The molecule has 5 nitrogen and oxygen atoms in total. The lowest BCUT2D eigenvalue weighted by Crippen LogP contribution is -2.35. The van der Waals surface area contributed by atoms with Gasteiger partial charge in [0.25, 0.3) is 5.56 Å². The highest BCUT2D eigenvalue weighted by molar-refractivity contribution is 6.32. The molecule has 0 saturated heterocycles. The monoisotopic (exact) mass is 480 g/mol. The Hall–Kier alpha value is -3.25. The Kier molecular flexibility index (Phi) is 6.21. The Balaban J connectivity index is 1.94. The van der Waals surface area contributed by atoms with Gasteiger partial charge in [0.2, 0.25) is 0 Å². The highest BCUT2D eigenvalue weighted by Gasteiger charge is 2.37. The van der Waals surface area contributed by atoms with E-state index in [0.717, 1.165) is 10.2 Å². The molecule has 0 radical (unpaired) electrons. The van der Waals surface area contributed by atoms with Gasteiger partial charge < -0.3 is 5.11 Å². The van der Waals surface area contributed by atoms with E-state index < -0.39 is 22.8 Å². The van der Waals surface area contributed by atoms with E-state index in [9.17, 15) is 14.7 Å². The van der Waals surface area contributed by atoms with Crippen molar-refractivity contribution in [3.05, 3.63) is 85.5 Å². The fourth-order valence-electron chi connectivity index (χ4n) is 4.33. The largest absolute Gasteiger partial charge is 0.481 e. The zero-order valence-electron chi connectivity index (χ0n) is 19.5. The van der Waals surface area contributed by atoms with Crippen LogP contribution in [0.2, 0.25) is 5.02 Å². The molecule has 0 amide bonds. The molecule has 1 heterocycles. The van der Waals surface area contributed by atoms with Crippen LogP contribution < -0.4 is 5.56 Å². The van der Waals surface area contributed by atoms with Crippen LogP contribution in [0.25, 0.3) is 23.3 Å². The predicted molar refractivity (Wildman–Crippen MR) is 133 cm³/mol. The van der Waals surface area contributed by atoms with Crippen LogP contribution in [-0.2, 0) is 17.3 Å². The first-order chi connectivity index (χ1) is 16.0. The van der Waals surface area contributed by atoms with E-state index in [1.54, 1.807) is 19.1 Å². The zero-order valence-corrected chi connectivity index (χ0v) is 20.3. The molecule has 1 aliphatic carbocycles. The first kappa shape index (κ1) is 23.9. The number of benzene rings is 2. The van der Waals surface area contributed by atoms with Crippen molar-refractivity contribution in [3.8, 4) is 11.1 Å². The second-order valence-corrected chi connectivity index (χ2v) is 9.69. The highest BCUT2D eigenvalue weighted by atomic mass is 35.5. The molecule has 1 aromatic heterocycles. The molecule has 1 aliphatic rings. The molecule has 3 aromatic rings. The van der Waals surface area contributed by atoms with E-state index >= 15 is 4.39 Å². The normalized spacial score (nSPS) is 14.1. The summed E-state index contributed by atoms with van der Waals surface area (Å²) in [7, 11) is 1.45. The molecule has 0 unspecified atom stereocenters. The van der Waals surface area contributed by atoms with E-state index in [1.807, 2.05) is 12.1 Å². The molecule has 0 bridgehead atoms. The van der Waals surface area contributed by atoms with Crippen molar-refractivity contribution in [2.45, 2.75) is 44.9 Å². The van der Waals surface area contributed by atoms with Crippen molar-refractivity contribution in [2.75, 3.05) is 0 Å². The van der Waals surface area contributed by atoms with Crippen molar-refractivity contribution in [2.24, 2.45) is 7.05 Å². The summed E-state index contributed by atoms with van der Waals surface area (Å²) in [6.45, 7) is 4.56. The van der Waals surface area contributed by atoms with Gasteiger partial charge in [-0.25, -0.2) is 9.07 Å². The average molecular weight is 481 g/mol. The van der Waals surface area contributed by atoms with Crippen LogP contribution in [0, 0.1) is 12.7 Å². The summed E-state index contributed by atoms with van der Waals surface area (Å²) in [6.07, 6.45) is 5.90. The minimum atomic E-state index is -1.49. The summed E-state index contributed by atoms with van der Waals surface area (Å²) in [4.78, 5) is 25.4. The zero-order chi connectivity index (χ0) is 24.8. The fourth-order valence-corrected chi connectivity index (χ4v) is 4.55. The quantitative estimate of drug-likeness (QED) is 0.442. The number of halogens is 2. The summed E-state index contributed by atoms with van der Waals surface area (Å²) < 4.78 is 16.5. The van der Waals surface area contributed by atoms with E-state index in [4.69, 9.17) is 11.6 Å². The maximum absolute atomic E-state index is 15.4. The lowest BCUT2D eigenvalue weighted by atomic mass is 9.79. The molecule has 1 fully saturated rings. The van der Waals surface area contributed by atoms with Crippen molar-refractivity contribution < 1.29 is 14.3 Å². The maximum Gasteiger partial charge on any atom is 0.313 e. The van der Waals surface area contributed by atoms with Crippen LogP contribution in [0.1, 0.15) is 60.6 Å². The van der Waals surface area contributed by atoms with Gasteiger partial charge in [0.05, 0.1) is 16.7 Å². The number of nitrogens with zero attached hydrogens (tertiary/aromatic N) is 2. The molecule has 4 rings (SSSR count). The number of carbonyl (C=O) groups is 1. The lowest BCUT2D eigenvalue weighted by Gasteiger charge is -2.26. The Morgan fingerprint density at radius 1 is 1.15 bits per heavy atom. The van der Waals surface area contributed by atoms with E-state index in [2.05, 4.69) is 17.2 Å². The standard InChI is InChI=1S/C27H26ClFN2O3/c1-15-24(27(2,3)26(33)34)23(25(32)31(4)30-15)22-19(20(28)13-14-21(22)29)12-7-16-5-8-17(9-6-16)18-10-11-18/h5-9,12-14,18H,10-11H2,1-4H3,(H,33,34)/b12-7+. The molecular weight excluding hydrogens is 455 g/mol. The van der Waals surface area contributed by atoms with Gasteiger partial charge in [0.15, 0.2) is 0 Å². The van der Waals surface area contributed by atoms with Crippen molar-refractivity contribution in [3.63, 3.8) is 0 Å². The molecular formula is C27H26ClFN2O3. The third-order valence-corrected chi connectivity index (χ3v) is 6.73.